The van der Waals surface area contributed by atoms with Crippen molar-refractivity contribution in [2.24, 2.45) is 7.05 Å². The number of likely N-dealkylation sites (tertiary alicyclic amines) is 1. The number of aromatic nitrogens is 1. The molecule has 9 heteroatoms. The van der Waals surface area contributed by atoms with Gasteiger partial charge in [0.25, 0.3) is 12.4 Å². The second-order valence-electron chi connectivity index (χ2n) is 6.01. The number of esters is 1. The van der Waals surface area contributed by atoms with Gasteiger partial charge in [-0.05, 0) is 26.0 Å². The van der Waals surface area contributed by atoms with Crippen molar-refractivity contribution >= 4 is 18.3 Å². The smallest absolute Gasteiger partial charge is 0.307 e. The van der Waals surface area contributed by atoms with Crippen LogP contribution < -0.4 is 10.9 Å². The lowest BCUT2D eigenvalue weighted by atomic mass is 10.1. The van der Waals surface area contributed by atoms with E-state index < -0.39 is 0 Å². The molecule has 1 aliphatic rings. The largest absolute Gasteiger partial charge is 0.483 e. The Labute approximate surface area is 151 Å². The molecule has 2 atom stereocenters. The Hall–Kier alpha value is -2.68. The molecule has 0 spiro atoms. The zero-order chi connectivity index (χ0) is 19.7. The topological polar surface area (TPSA) is 118 Å². The van der Waals surface area contributed by atoms with Crippen LogP contribution in [0.1, 0.15) is 29.6 Å². The number of aryl methyl sites for hydroxylation is 1. The third kappa shape index (κ3) is 5.99. The van der Waals surface area contributed by atoms with Crippen molar-refractivity contribution in [1.29, 1.82) is 0 Å². The van der Waals surface area contributed by atoms with Crippen molar-refractivity contribution in [3.05, 3.63) is 34.2 Å². The van der Waals surface area contributed by atoms with Crippen LogP contribution in [-0.4, -0.2) is 65.7 Å². The number of nitrogens with zero attached hydrogens (tertiary/aromatic N) is 2. The molecule has 1 amide bonds. The van der Waals surface area contributed by atoms with Gasteiger partial charge in [0.2, 0.25) is 5.56 Å². The monoisotopic (exact) mass is 367 g/mol. The summed E-state index contributed by atoms with van der Waals surface area (Å²) in [7, 11) is 4.97. The lowest BCUT2D eigenvalue weighted by Crippen LogP contribution is -2.41. The molecule has 0 unspecified atom stereocenters. The van der Waals surface area contributed by atoms with Crippen molar-refractivity contribution in [2.45, 2.75) is 31.3 Å². The molecule has 1 saturated heterocycles. The van der Waals surface area contributed by atoms with E-state index in [1.807, 2.05) is 7.05 Å². The second kappa shape index (κ2) is 10.3. The molecule has 0 bridgehead atoms. The average molecular weight is 367 g/mol. The maximum absolute atomic E-state index is 12.2. The maximum atomic E-state index is 12.2. The van der Waals surface area contributed by atoms with E-state index >= 15 is 0 Å². The van der Waals surface area contributed by atoms with Gasteiger partial charge in [-0.2, -0.15) is 0 Å². The van der Waals surface area contributed by atoms with Gasteiger partial charge in [0.15, 0.2) is 0 Å². The highest BCUT2D eigenvalue weighted by Gasteiger charge is 2.32. The van der Waals surface area contributed by atoms with Crippen LogP contribution >= 0.6 is 0 Å². The molecule has 1 aliphatic heterocycles. The third-order valence-electron chi connectivity index (χ3n) is 4.46. The molecular formula is C17H25N3O6. The standard InChI is InChI=1S/C16H23N3O4.CH2O2/c1-18-10-11(4-7-14(18)20)16(22)17-9-13-6-5-12(19(13)2)8-15(21)23-3;2-1-3/h4,7,10,12-13H,5-6,8-9H2,1-3H3,(H,17,22);1H,(H,2,3)/t12-,13+;/m1./s1. The summed E-state index contributed by atoms with van der Waals surface area (Å²) in [6.45, 7) is 0.260. The number of carbonyl (C=O) groups excluding carboxylic acids is 2. The quantitative estimate of drug-likeness (QED) is 0.548. The van der Waals surface area contributed by atoms with Crippen molar-refractivity contribution in [3.8, 4) is 0 Å². The fourth-order valence-electron chi connectivity index (χ4n) is 2.90. The number of carbonyl (C=O) groups is 3. The van der Waals surface area contributed by atoms with Gasteiger partial charge in [-0.25, -0.2) is 0 Å². The second-order valence-corrected chi connectivity index (χ2v) is 6.01. The van der Waals surface area contributed by atoms with E-state index in [4.69, 9.17) is 14.6 Å². The first-order valence-corrected chi connectivity index (χ1v) is 8.15. The molecule has 1 fully saturated rings. The molecule has 0 radical (unpaired) electrons. The number of methoxy groups -OCH3 is 1. The molecule has 1 aromatic heterocycles. The Kier molecular flexibility index (Phi) is 8.50. The Morgan fingerprint density at radius 2 is 1.92 bits per heavy atom. The first kappa shape index (κ1) is 21.4. The van der Waals surface area contributed by atoms with Crippen LogP contribution in [-0.2, 0) is 21.4 Å². The van der Waals surface area contributed by atoms with Crippen LogP contribution in [0.5, 0.6) is 0 Å². The lowest BCUT2D eigenvalue weighted by Gasteiger charge is -2.25. The first-order chi connectivity index (χ1) is 12.3. The van der Waals surface area contributed by atoms with Gasteiger partial charge < -0.3 is 19.7 Å². The van der Waals surface area contributed by atoms with E-state index in [0.29, 0.717) is 18.5 Å². The number of ether oxygens (including phenoxy) is 1. The van der Waals surface area contributed by atoms with E-state index in [2.05, 4.69) is 10.2 Å². The molecular weight excluding hydrogens is 342 g/mol. The predicted molar refractivity (Wildman–Crippen MR) is 93.9 cm³/mol. The zero-order valence-corrected chi connectivity index (χ0v) is 15.2. The molecule has 2 rings (SSSR count). The number of hydrogen-bond acceptors (Lipinski definition) is 6. The highest BCUT2D eigenvalue weighted by Crippen LogP contribution is 2.24. The van der Waals surface area contributed by atoms with E-state index in [1.165, 1.54) is 30.0 Å². The maximum Gasteiger partial charge on any atom is 0.307 e. The highest BCUT2D eigenvalue weighted by atomic mass is 16.5. The molecule has 1 aromatic rings. The van der Waals surface area contributed by atoms with Gasteiger partial charge in [0, 0.05) is 37.9 Å². The summed E-state index contributed by atoms with van der Waals surface area (Å²) < 4.78 is 6.09. The number of nitrogens with one attached hydrogen (secondary N) is 1. The summed E-state index contributed by atoms with van der Waals surface area (Å²) in [6, 6.07) is 3.25. The van der Waals surface area contributed by atoms with Crippen LogP contribution in [0.3, 0.4) is 0 Å². The van der Waals surface area contributed by atoms with Gasteiger partial charge in [-0.15, -0.1) is 0 Å². The van der Waals surface area contributed by atoms with Crippen LogP contribution in [0.15, 0.2) is 23.1 Å². The Bertz CT molecular complexity index is 687. The minimum Gasteiger partial charge on any atom is -0.483 e. The number of hydrogen-bond donors (Lipinski definition) is 2. The van der Waals surface area contributed by atoms with Crippen molar-refractivity contribution in [2.75, 3.05) is 20.7 Å². The normalized spacial score (nSPS) is 19.2. The first-order valence-electron chi connectivity index (χ1n) is 8.15. The average Bonchev–Trinajstić information content (AvgIpc) is 2.95. The predicted octanol–water partition coefficient (Wildman–Crippen LogP) is -0.158. The molecule has 2 heterocycles. The van der Waals surface area contributed by atoms with E-state index in [-0.39, 0.29) is 36.0 Å². The molecule has 0 aliphatic carbocycles. The third-order valence-corrected chi connectivity index (χ3v) is 4.46. The van der Waals surface area contributed by atoms with Gasteiger partial charge in [0.05, 0.1) is 19.1 Å². The van der Waals surface area contributed by atoms with Gasteiger partial charge in [-0.3, -0.25) is 24.1 Å². The van der Waals surface area contributed by atoms with Crippen molar-refractivity contribution in [1.82, 2.24) is 14.8 Å². The Morgan fingerprint density at radius 3 is 2.50 bits per heavy atom. The lowest BCUT2D eigenvalue weighted by molar-refractivity contribution is -0.141. The molecule has 0 aromatic carbocycles. The van der Waals surface area contributed by atoms with Crippen LogP contribution in [0.4, 0.5) is 0 Å². The summed E-state index contributed by atoms with van der Waals surface area (Å²) in [5.74, 6) is -0.415. The number of amides is 1. The Morgan fingerprint density at radius 1 is 1.31 bits per heavy atom. The van der Waals surface area contributed by atoms with Crippen LogP contribution in [0, 0.1) is 0 Å². The van der Waals surface area contributed by atoms with Crippen LogP contribution in [0.2, 0.25) is 0 Å². The zero-order valence-electron chi connectivity index (χ0n) is 15.2. The summed E-state index contributed by atoms with van der Waals surface area (Å²) in [5, 5.41) is 9.78. The SMILES string of the molecule is COC(=O)C[C@H]1CC[C@@H](CNC(=O)c2ccc(=O)n(C)c2)N1C.O=CO. The van der Waals surface area contributed by atoms with Crippen molar-refractivity contribution in [3.63, 3.8) is 0 Å². The summed E-state index contributed by atoms with van der Waals surface area (Å²) in [5.41, 5.74) is 0.307. The number of pyridine rings is 1. The Balaban J connectivity index is 0.00000105. The number of rotatable bonds is 5. The minimum absolute atomic E-state index is 0.150. The number of likely N-dealkylation sites (N-methyl/N-ethyl adjacent to an activating group) is 1. The van der Waals surface area contributed by atoms with E-state index in [1.54, 1.807) is 7.05 Å². The van der Waals surface area contributed by atoms with Gasteiger partial charge in [-0.1, -0.05) is 0 Å². The molecule has 144 valence electrons. The molecule has 26 heavy (non-hydrogen) atoms. The van der Waals surface area contributed by atoms with E-state index in [0.717, 1.165) is 12.8 Å². The summed E-state index contributed by atoms with van der Waals surface area (Å²) in [6.07, 6.45) is 3.73. The van der Waals surface area contributed by atoms with Gasteiger partial charge in [0.1, 0.15) is 0 Å². The highest BCUT2D eigenvalue weighted by molar-refractivity contribution is 5.93. The summed E-state index contributed by atoms with van der Waals surface area (Å²) in [4.78, 5) is 45.4. The fourth-order valence-corrected chi connectivity index (χ4v) is 2.90. The minimum atomic E-state index is -0.250. The van der Waals surface area contributed by atoms with Crippen LogP contribution in [0.25, 0.3) is 0 Å². The molecule has 9 nitrogen and oxygen atoms in total. The van der Waals surface area contributed by atoms with Gasteiger partial charge >= 0.3 is 5.97 Å². The van der Waals surface area contributed by atoms with E-state index in [9.17, 15) is 14.4 Å². The van der Waals surface area contributed by atoms with Crippen molar-refractivity contribution < 1.29 is 24.2 Å². The summed E-state index contributed by atoms with van der Waals surface area (Å²) >= 11 is 0. The number of carboxylic acid groups (broad SMARTS) is 1. The fraction of sp³-hybridized carbons (Fsp3) is 0.529. The molecule has 0 saturated carbocycles. The molecule has 2 N–H and O–H groups in total.